The Hall–Kier alpha value is -1.95. The van der Waals surface area contributed by atoms with E-state index in [0.717, 1.165) is 12.2 Å². The zero-order valence-electron chi connectivity index (χ0n) is 9.22. The number of imidazole rings is 1. The van der Waals surface area contributed by atoms with E-state index < -0.39 is 4.92 Å². The van der Waals surface area contributed by atoms with E-state index in [1.54, 1.807) is 12.1 Å². The molecule has 90 valence electrons. The van der Waals surface area contributed by atoms with Crippen LogP contribution in [0, 0.1) is 10.1 Å². The van der Waals surface area contributed by atoms with Crippen LogP contribution < -0.4 is 0 Å². The van der Waals surface area contributed by atoms with Crippen molar-refractivity contribution >= 4 is 16.7 Å². The summed E-state index contributed by atoms with van der Waals surface area (Å²) in [6, 6.07) is 4.85. The quantitative estimate of drug-likeness (QED) is 0.469. The van der Waals surface area contributed by atoms with Gasteiger partial charge in [-0.15, -0.1) is 0 Å². The lowest BCUT2D eigenvalue weighted by Gasteiger charge is -1.93. The maximum atomic E-state index is 10.8. The van der Waals surface area contributed by atoms with Gasteiger partial charge in [0.25, 0.3) is 5.69 Å². The Labute approximate surface area is 97.4 Å². The highest BCUT2D eigenvalue weighted by atomic mass is 16.6. The van der Waals surface area contributed by atoms with Gasteiger partial charge in [0.1, 0.15) is 5.82 Å². The fourth-order valence-corrected chi connectivity index (χ4v) is 1.74. The Balaban J connectivity index is 2.30. The van der Waals surface area contributed by atoms with Crippen molar-refractivity contribution in [3.05, 3.63) is 34.1 Å². The maximum Gasteiger partial charge on any atom is 0.297 e. The Morgan fingerprint density at radius 3 is 2.94 bits per heavy atom. The normalized spacial score (nSPS) is 10.9. The molecule has 0 aliphatic carbocycles. The summed E-state index contributed by atoms with van der Waals surface area (Å²) in [7, 11) is 0. The van der Waals surface area contributed by atoms with E-state index in [2.05, 4.69) is 9.97 Å². The minimum absolute atomic E-state index is 0.0205. The summed E-state index contributed by atoms with van der Waals surface area (Å²) in [5.74, 6) is 0.725. The van der Waals surface area contributed by atoms with Gasteiger partial charge in [-0.1, -0.05) is 6.07 Å². The SMILES string of the molecule is O=[N+]([O-])c1cccc2[nH]c(CCCCO)nc12. The molecule has 0 aliphatic rings. The largest absolute Gasteiger partial charge is 0.396 e. The summed E-state index contributed by atoms with van der Waals surface area (Å²) in [4.78, 5) is 17.7. The maximum absolute atomic E-state index is 10.8. The van der Waals surface area contributed by atoms with E-state index >= 15 is 0 Å². The van der Waals surface area contributed by atoms with Gasteiger partial charge < -0.3 is 10.1 Å². The second kappa shape index (κ2) is 4.92. The number of para-hydroxylation sites is 1. The topological polar surface area (TPSA) is 92.0 Å². The van der Waals surface area contributed by atoms with E-state index in [9.17, 15) is 10.1 Å². The number of nitrogens with one attached hydrogen (secondary N) is 1. The smallest absolute Gasteiger partial charge is 0.297 e. The minimum atomic E-state index is -0.430. The first kappa shape index (κ1) is 11.5. The molecule has 1 aromatic carbocycles. The van der Waals surface area contributed by atoms with Gasteiger partial charge in [0.2, 0.25) is 0 Å². The first-order chi connectivity index (χ1) is 8.22. The molecule has 0 radical (unpaired) electrons. The van der Waals surface area contributed by atoms with Gasteiger partial charge >= 0.3 is 0 Å². The molecule has 0 spiro atoms. The number of hydrogen-bond acceptors (Lipinski definition) is 4. The number of H-pyrrole nitrogens is 1. The molecular formula is C11H13N3O3. The molecule has 0 atom stereocenters. The standard InChI is InChI=1S/C11H13N3O3/c15-7-2-1-6-10-12-8-4-3-5-9(14(16)17)11(8)13-10/h3-5,15H,1-2,6-7H2,(H,12,13). The number of nitrogens with zero attached hydrogens (tertiary/aromatic N) is 2. The van der Waals surface area contributed by atoms with Crippen LogP contribution in [0.15, 0.2) is 18.2 Å². The van der Waals surface area contributed by atoms with Crippen LogP contribution >= 0.6 is 0 Å². The molecule has 0 fully saturated rings. The van der Waals surface area contributed by atoms with Crippen LogP contribution in [0.2, 0.25) is 0 Å². The Kier molecular flexibility index (Phi) is 3.34. The van der Waals surface area contributed by atoms with E-state index in [1.165, 1.54) is 6.07 Å². The monoisotopic (exact) mass is 235 g/mol. The van der Waals surface area contributed by atoms with Crippen molar-refractivity contribution in [1.82, 2.24) is 9.97 Å². The van der Waals surface area contributed by atoms with Crippen molar-refractivity contribution in [1.29, 1.82) is 0 Å². The summed E-state index contributed by atoms with van der Waals surface area (Å²) in [6.07, 6.45) is 2.20. The lowest BCUT2D eigenvalue weighted by Crippen LogP contribution is -1.91. The fourth-order valence-electron chi connectivity index (χ4n) is 1.74. The molecule has 0 bridgehead atoms. The molecule has 17 heavy (non-hydrogen) atoms. The number of aryl methyl sites for hydroxylation is 1. The number of aromatic amines is 1. The number of aromatic nitrogens is 2. The van der Waals surface area contributed by atoms with E-state index in [-0.39, 0.29) is 12.3 Å². The highest BCUT2D eigenvalue weighted by Crippen LogP contribution is 2.23. The summed E-state index contributed by atoms with van der Waals surface area (Å²) >= 11 is 0. The highest BCUT2D eigenvalue weighted by Gasteiger charge is 2.14. The van der Waals surface area contributed by atoms with Gasteiger partial charge in [-0.2, -0.15) is 0 Å². The molecule has 6 nitrogen and oxygen atoms in total. The van der Waals surface area contributed by atoms with Crippen molar-refractivity contribution in [2.45, 2.75) is 19.3 Å². The molecule has 0 aliphatic heterocycles. The molecule has 0 saturated heterocycles. The van der Waals surface area contributed by atoms with E-state index in [4.69, 9.17) is 5.11 Å². The first-order valence-electron chi connectivity index (χ1n) is 5.45. The lowest BCUT2D eigenvalue weighted by atomic mass is 10.2. The van der Waals surface area contributed by atoms with Crippen LogP contribution in [-0.4, -0.2) is 26.6 Å². The lowest BCUT2D eigenvalue weighted by molar-refractivity contribution is -0.383. The van der Waals surface area contributed by atoms with Crippen LogP contribution in [0.3, 0.4) is 0 Å². The van der Waals surface area contributed by atoms with Crippen LogP contribution in [0.5, 0.6) is 0 Å². The first-order valence-corrected chi connectivity index (χ1v) is 5.45. The van der Waals surface area contributed by atoms with Gasteiger partial charge in [-0.25, -0.2) is 4.98 Å². The van der Waals surface area contributed by atoms with Gasteiger partial charge in [0.15, 0.2) is 5.52 Å². The third kappa shape index (κ3) is 2.42. The zero-order valence-corrected chi connectivity index (χ0v) is 9.22. The third-order valence-electron chi connectivity index (χ3n) is 2.56. The molecule has 6 heteroatoms. The van der Waals surface area contributed by atoms with Crippen molar-refractivity contribution in [2.75, 3.05) is 6.61 Å². The Morgan fingerprint density at radius 1 is 1.41 bits per heavy atom. The molecule has 2 rings (SSSR count). The molecule has 0 saturated carbocycles. The summed E-state index contributed by atoms with van der Waals surface area (Å²) in [5.41, 5.74) is 1.10. The number of hydrogen-bond donors (Lipinski definition) is 2. The fraction of sp³-hybridized carbons (Fsp3) is 0.364. The molecule has 1 aromatic heterocycles. The number of non-ortho nitro benzene ring substituents is 1. The Bertz CT molecular complexity index is 536. The minimum Gasteiger partial charge on any atom is -0.396 e. The molecular weight excluding hydrogens is 222 g/mol. The summed E-state index contributed by atoms with van der Waals surface area (Å²) < 4.78 is 0. The molecule has 1 heterocycles. The van der Waals surface area contributed by atoms with Crippen LogP contribution in [0.1, 0.15) is 18.7 Å². The predicted molar refractivity (Wildman–Crippen MR) is 62.8 cm³/mol. The highest BCUT2D eigenvalue weighted by molar-refractivity contribution is 5.84. The molecule has 0 unspecified atom stereocenters. The average Bonchev–Trinajstić information content (AvgIpc) is 2.71. The van der Waals surface area contributed by atoms with Gasteiger partial charge in [0.05, 0.1) is 10.4 Å². The number of nitro groups is 1. The second-order valence-electron chi connectivity index (χ2n) is 3.79. The average molecular weight is 235 g/mol. The van der Waals surface area contributed by atoms with E-state index in [1.807, 2.05) is 0 Å². The van der Waals surface area contributed by atoms with Gasteiger partial charge in [-0.05, 0) is 18.9 Å². The third-order valence-corrected chi connectivity index (χ3v) is 2.56. The number of nitro benzene ring substituents is 1. The Morgan fingerprint density at radius 2 is 2.24 bits per heavy atom. The van der Waals surface area contributed by atoms with Crippen molar-refractivity contribution in [3.8, 4) is 0 Å². The van der Waals surface area contributed by atoms with Gasteiger partial charge in [-0.3, -0.25) is 10.1 Å². The zero-order chi connectivity index (χ0) is 12.3. The summed E-state index contributed by atoms with van der Waals surface area (Å²) in [6.45, 7) is 0.153. The van der Waals surface area contributed by atoms with Gasteiger partial charge in [0, 0.05) is 19.1 Å². The van der Waals surface area contributed by atoms with E-state index in [0.29, 0.717) is 23.9 Å². The molecule has 2 N–H and O–H groups in total. The predicted octanol–water partition coefficient (Wildman–Crippen LogP) is 1.79. The van der Waals surface area contributed by atoms with Crippen LogP contribution in [-0.2, 0) is 6.42 Å². The van der Waals surface area contributed by atoms with Crippen LogP contribution in [0.25, 0.3) is 11.0 Å². The van der Waals surface area contributed by atoms with Crippen molar-refractivity contribution in [3.63, 3.8) is 0 Å². The number of unbranched alkanes of at least 4 members (excludes halogenated alkanes) is 1. The number of fused-ring (bicyclic) bond motifs is 1. The number of benzene rings is 1. The van der Waals surface area contributed by atoms with Crippen LogP contribution in [0.4, 0.5) is 5.69 Å². The number of aliphatic hydroxyl groups is 1. The number of aliphatic hydroxyl groups excluding tert-OH is 1. The number of rotatable bonds is 5. The summed E-state index contributed by atoms with van der Waals surface area (Å²) in [5, 5.41) is 19.5. The second-order valence-corrected chi connectivity index (χ2v) is 3.79. The van der Waals surface area contributed by atoms with Crippen molar-refractivity contribution < 1.29 is 10.0 Å². The molecule has 0 amide bonds. The van der Waals surface area contributed by atoms with Crippen molar-refractivity contribution in [2.24, 2.45) is 0 Å². The molecule has 2 aromatic rings.